The molecular weight excluding hydrogens is 396 g/mol. The van der Waals surface area contributed by atoms with E-state index in [1.807, 2.05) is 0 Å². The molecule has 0 aliphatic heterocycles. The van der Waals surface area contributed by atoms with Crippen LogP contribution in [0.15, 0.2) is 51.7 Å². The predicted molar refractivity (Wildman–Crippen MR) is 98.0 cm³/mol. The number of anilines is 1. The van der Waals surface area contributed by atoms with Gasteiger partial charge >= 0.3 is 5.97 Å². The van der Waals surface area contributed by atoms with Gasteiger partial charge in [0, 0.05) is 20.6 Å². The molecule has 7 heteroatoms. The second-order valence-electron chi connectivity index (χ2n) is 5.06. The van der Waals surface area contributed by atoms with Crippen molar-refractivity contribution in [3.63, 3.8) is 0 Å². The van der Waals surface area contributed by atoms with Crippen molar-refractivity contribution in [2.24, 2.45) is 0 Å². The maximum atomic E-state index is 12.9. The van der Waals surface area contributed by atoms with E-state index in [0.717, 1.165) is 4.47 Å². The molecule has 5 nitrogen and oxygen atoms in total. The molecule has 0 spiro atoms. The van der Waals surface area contributed by atoms with Gasteiger partial charge in [-0.05, 0) is 42.5 Å². The molecule has 1 aromatic heterocycles. The number of hydrogen-bond acceptors (Lipinski definition) is 4. The number of carbonyl (C=O) groups excluding carboxylic acids is 1. The summed E-state index contributed by atoms with van der Waals surface area (Å²) in [6.45, 7) is 0. The Morgan fingerprint density at radius 2 is 1.88 bits per heavy atom. The fraction of sp³-hybridized carbons (Fsp3) is 0.0588. The van der Waals surface area contributed by atoms with Crippen LogP contribution in [0.25, 0.3) is 16.6 Å². The molecule has 0 aliphatic carbocycles. The first kappa shape index (κ1) is 16.5. The minimum Gasteiger partial charge on any atom is -0.465 e. The van der Waals surface area contributed by atoms with Crippen LogP contribution in [0.3, 0.4) is 0 Å². The Hall–Kier alpha value is -2.31. The predicted octanol–water partition coefficient (Wildman–Crippen LogP) is 3.78. The fourth-order valence-electron chi connectivity index (χ4n) is 2.53. The van der Waals surface area contributed by atoms with Crippen molar-refractivity contribution in [1.29, 1.82) is 0 Å². The summed E-state index contributed by atoms with van der Waals surface area (Å²) in [4.78, 5) is 25.0. The molecule has 0 unspecified atom stereocenters. The summed E-state index contributed by atoms with van der Waals surface area (Å²) in [7, 11) is 1.21. The highest BCUT2D eigenvalue weighted by molar-refractivity contribution is 9.10. The average molecular weight is 408 g/mol. The highest BCUT2D eigenvalue weighted by atomic mass is 79.9. The number of nitrogen functional groups attached to an aromatic ring is 1. The zero-order valence-electron chi connectivity index (χ0n) is 12.5. The van der Waals surface area contributed by atoms with Crippen LogP contribution in [-0.4, -0.2) is 17.6 Å². The first-order valence-corrected chi connectivity index (χ1v) is 8.09. The Kier molecular flexibility index (Phi) is 4.34. The van der Waals surface area contributed by atoms with E-state index < -0.39 is 11.5 Å². The molecule has 1 heterocycles. The van der Waals surface area contributed by atoms with E-state index in [-0.39, 0.29) is 11.3 Å². The maximum absolute atomic E-state index is 12.9. The zero-order chi connectivity index (χ0) is 17.4. The summed E-state index contributed by atoms with van der Waals surface area (Å²) < 4.78 is 6.91. The number of carbonyl (C=O) groups is 1. The molecule has 0 radical (unpaired) electrons. The molecule has 0 atom stereocenters. The Morgan fingerprint density at radius 1 is 1.21 bits per heavy atom. The zero-order valence-corrected chi connectivity index (χ0v) is 14.9. The second kappa shape index (κ2) is 6.30. The van der Waals surface area contributed by atoms with Crippen LogP contribution in [0, 0.1) is 0 Å². The van der Waals surface area contributed by atoms with Crippen molar-refractivity contribution < 1.29 is 9.53 Å². The molecule has 0 aliphatic rings. The molecule has 24 heavy (non-hydrogen) atoms. The minimum atomic E-state index is -0.773. The molecule has 2 N–H and O–H groups in total. The van der Waals surface area contributed by atoms with Gasteiger partial charge in [0.25, 0.3) is 5.56 Å². The first-order chi connectivity index (χ1) is 11.4. The Bertz CT molecular complexity index is 1010. The monoisotopic (exact) mass is 406 g/mol. The molecule has 0 amide bonds. The van der Waals surface area contributed by atoms with Crippen LogP contribution in [-0.2, 0) is 4.74 Å². The lowest BCUT2D eigenvalue weighted by molar-refractivity contribution is 0.0600. The number of rotatable bonds is 2. The Labute approximate surface area is 150 Å². The molecular formula is C17H12BrClN2O3. The SMILES string of the molecule is COC(=O)c1c(N)c2ccc(Br)cc2n(-c2ccc(Cl)cc2)c1=O. The standard InChI is InChI=1S/C17H12BrClN2O3/c1-24-17(23)14-15(20)12-7-2-9(18)8-13(12)21(16(14)22)11-5-3-10(19)4-6-11/h2-8H,20H2,1H3. The van der Waals surface area contributed by atoms with E-state index in [4.69, 9.17) is 22.1 Å². The lowest BCUT2D eigenvalue weighted by Crippen LogP contribution is -2.28. The summed E-state index contributed by atoms with van der Waals surface area (Å²) in [5.74, 6) is -0.773. The maximum Gasteiger partial charge on any atom is 0.345 e. The van der Waals surface area contributed by atoms with Gasteiger partial charge in [-0.3, -0.25) is 9.36 Å². The number of nitrogens with two attached hydrogens (primary N) is 1. The van der Waals surface area contributed by atoms with Gasteiger partial charge in [0.15, 0.2) is 0 Å². The van der Waals surface area contributed by atoms with Crippen molar-refractivity contribution in [2.45, 2.75) is 0 Å². The number of esters is 1. The van der Waals surface area contributed by atoms with E-state index in [0.29, 0.717) is 21.6 Å². The van der Waals surface area contributed by atoms with Crippen molar-refractivity contribution >= 4 is 50.1 Å². The number of ether oxygens (including phenoxy) is 1. The lowest BCUT2D eigenvalue weighted by atomic mass is 10.1. The molecule has 2 aromatic carbocycles. The van der Waals surface area contributed by atoms with Crippen LogP contribution in [0.4, 0.5) is 5.69 Å². The van der Waals surface area contributed by atoms with Crippen molar-refractivity contribution in [2.75, 3.05) is 12.8 Å². The van der Waals surface area contributed by atoms with E-state index in [9.17, 15) is 9.59 Å². The third-order valence-corrected chi connectivity index (χ3v) is 4.40. The van der Waals surface area contributed by atoms with Gasteiger partial charge < -0.3 is 10.5 Å². The number of halogens is 2. The summed E-state index contributed by atoms with van der Waals surface area (Å²) in [6.07, 6.45) is 0. The normalized spacial score (nSPS) is 10.8. The van der Waals surface area contributed by atoms with Gasteiger partial charge in [-0.1, -0.05) is 27.5 Å². The van der Waals surface area contributed by atoms with Crippen LogP contribution >= 0.6 is 27.5 Å². The van der Waals surface area contributed by atoms with E-state index in [1.54, 1.807) is 42.5 Å². The summed E-state index contributed by atoms with van der Waals surface area (Å²) in [5.41, 5.74) is 6.56. The molecule has 3 aromatic rings. The van der Waals surface area contributed by atoms with Crippen molar-refractivity contribution in [3.8, 4) is 5.69 Å². The number of aromatic nitrogens is 1. The third-order valence-electron chi connectivity index (χ3n) is 3.65. The number of benzene rings is 2. The Morgan fingerprint density at radius 3 is 2.50 bits per heavy atom. The van der Waals surface area contributed by atoms with Crippen LogP contribution in [0.2, 0.25) is 5.02 Å². The smallest absolute Gasteiger partial charge is 0.345 e. The van der Waals surface area contributed by atoms with E-state index >= 15 is 0 Å². The highest BCUT2D eigenvalue weighted by Gasteiger charge is 2.22. The molecule has 122 valence electrons. The van der Waals surface area contributed by atoms with Crippen molar-refractivity contribution in [1.82, 2.24) is 4.57 Å². The van der Waals surface area contributed by atoms with Crippen molar-refractivity contribution in [3.05, 3.63) is 67.9 Å². The summed E-state index contributed by atoms with van der Waals surface area (Å²) in [5, 5.41) is 1.12. The van der Waals surface area contributed by atoms with Gasteiger partial charge in [0.1, 0.15) is 5.56 Å². The first-order valence-electron chi connectivity index (χ1n) is 6.92. The van der Waals surface area contributed by atoms with Gasteiger partial charge in [-0.25, -0.2) is 4.79 Å². The van der Waals surface area contributed by atoms with E-state index in [1.165, 1.54) is 11.7 Å². The molecule has 0 saturated heterocycles. The van der Waals surface area contributed by atoms with Gasteiger partial charge in [0.05, 0.1) is 18.3 Å². The summed E-state index contributed by atoms with van der Waals surface area (Å²) in [6, 6.07) is 12.0. The number of fused-ring (bicyclic) bond motifs is 1. The largest absolute Gasteiger partial charge is 0.465 e. The average Bonchev–Trinajstić information content (AvgIpc) is 2.56. The van der Waals surface area contributed by atoms with Gasteiger partial charge in [-0.15, -0.1) is 0 Å². The quantitative estimate of drug-likeness (QED) is 0.656. The molecule has 0 saturated carbocycles. The third kappa shape index (κ3) is 2.68. The second-order valence-corrected chi connectivity index (χ2v) is 6.41. The number of pyridine rings is 1. The topological polar surface area (TPSA) is 74.3 Å². The van der Waals surface area contributed by atoms with Crippen LogP contribution < -0.4 is 11.3 Å². The molecule has 0 bridgehead atoms. The number of hydrogen-bond donors (Lipinski definition) is 1. The fourth-order valence-corrected chi connectivity index (χ4v) is 3.01. The van der Waals surface area contributed by atoms with Crippen LogP contribution in [0.1, 0.15) is 10.4 Å². The van der Waals surface area contributed by atoms with Gasteiger partial charge in [-0.2, -0.15) is 0 Å². The van der Waals surface area contributed by atoms with E-state index in [2.05, 4.69) is 15.9 Å². The van der Waals surface area contributed by atoms with Gasteiger partial charge in [0.2, 0.25) is 0 Å². The Balaban J connectivity index is 2.50. The number of methoxy groups -OCH3 is 1. The highest BCUT2D eigenvalue weighted by Crippen LogP contribution is 2.28. The molecule has 3 rings (SSSR count). The van der Waals surface area contributed by atoms with Crippen LogP contribution in [0.5, 0.6) is 0 Å². The summed E-state index contributed by atoms with van der Waals surface area (Å²) >= 11 is 9.31. The number of nitrogens with zero attached hydrogens (tertiary/aromatic N) is 1. The molecule has 0 fully saturated rings. The minimum absolute atomic E-state index is 0.0968. The lowest BCUT2D eigenvalue weighted by Gasteiger charge is -2.15.